The van der Waals surface area contributed by atoms with Crippen LogP contribution in [0.3, 0.4) is 0 Å². The van der Waals surface area contributed by atoms with Gasteiger partial charge in [-0.3, -0.25) is 10.2 Å². The average Bonchev–Trinajstić information content (AvgIpc) is 3.72. The fourth-order valence-corrected chi connectivity index (χ4v) is 5.41. The molecule has 1 aliphatic carbocycles. The summed E-state index contributed by atoms with van der Waals surface area (Å²) < 4.78 is 0. The number of rotatable bonds is 5. The van der Waals surface area contributed by atoms with Crippen molar-refractivity contribution in [2.24, 2.45) is 5.41 Å². The second-order valence-electron chi connectivity index (χ2n) is 10.4. The number of fused-ring (bicyclic) bond motifs is 1. The van der Waals surface area contributed by atoms with Crippen molar-refractivity contribution < 1.29 is 4.79 Å². The van der Waals surface area contributed by atoms with E-state index in [4.69, 9.17) is 11.3 Å². The summed E-state index contributed by atoms with van der Waals surface area (Å²) in [6.07, 6.45) is 1.31. The number of hydrogen-bond acceptors (Lipinski definition) is 8. The monoisotopic (exact) mass is 509 g/mol. The Labute approximate surface area is 221 Å². The summed E-state index contributed by atoms with van der Waals surface area (Å²) in [5.74, 6) is 6.54. The molecule has 0 unspecified atom stereocenters. The lowest BCUT2D eigenvalue weighted by Crippen LogP contribution is -2.55. The number of aromatic nitrogens is 2. The van der Waals surface area contributed by atoms with Crippen LogP contribution in [-0.4, -0.2) is 46.4 Å². The van der Waals surface area contributed by atoms with Crippen LogP contribution >= 0.6 is 0 Å². The molecule has 10 nitrogen and oxygen atoms in total. The first kappa shape index (κ1) is 25.1. The van der Waals surface area contributed by atoms with Gasteiger partial charge in [0.25, 0.3) is 0 Å². The smallest absolute Gasteiger partial charge is 0.243 e. The van der Waals surface area contributed by atoms with Gasteiger partial charge in [-0.05, 0) is 69.0 Å². The molecule has 1 saturated heterocycles. The molecule has 2 aromatic carbocycles. The summed E-state index contributed by atoms with van der Waals surface area (Å²) in [6.45, 7) is 7.76. The first-order valence-corrected chi connectivity index (χ1v) is 12.8. The summed E-state index contributed by atoms with van der Waals surface area (Å²) in [7, 11) is 0. The maximum Gasteiger partial charge on any atom is 0.243 e. The zero-order valence-electron chi connectivity index (χ0n) is 21.8. The minimum atomic E-state index is -0.805. The largest absolute Gasteiger partial charge is 0.365 e. The van der Waals surface area contributed by atoms with Gasteiger partial charge in [0.1, 0.15) is 5.41 Å². The number of anilines is 2. The van der Waals surface area contributed by atoms with E-state index in [9.17, 15) is 15.3 Å². The zero-order valence-corrected chi connectivity index (χ0v) is 21.8. The molecule has 1 aliphatic heterocycles. The number of carbonyl (C=O) groups excluding carboxylic acids is 1. The Morgan fingerprint density at radius 1 is 1.24 bits per heavy atom. The number of amides is 1. The van der Waals surface area contributed by atoms with Crippen molar-refractivity contribution >= 4 is 28.2 Å². The van der Waals surface area contributed by atoms with Crippen LogP contribution in [0.1, 0.15) is 49.4 Å². The lowest BCUT2D eigenvalue weighted by Gasteiger charge is -2.42. The predicted molar refractivity (Wildman–Crippen MR) is 144 cm³/mol. The quantitative estimate of drug-likeness (QED) is 0.447. The Bertz CT molecular complexity index is 1570. The van der Waals surface area contributed by atoms with Crippen molar-refractivity contribution in [1.82, 2.24) is 14.8 Å². The van der Waals surface area contributed by atoms with Gasteiger partial charge in [0.05, 0.1) is 23.7 Å². The van der Waals surface area contributed by atoms with Crippen molar-refractivity contribution in [2.45, 2.75) is 45.7 Å². The fraction of sp³-hybridized carbons (Fsp3) is 0.393. The minimum Gasteiger partial charge on any atom is -0.365 e. The van der Waals surface area contributed by atoms with Gasteiger partial charge in [-0.2, -0.15) is 15.3 Å². The highest BCUT2D eigenvalue weighted by Gasteiger charge is 2.53. The molecule has 0 spiro atoms. The number of nitrogens with one attached hydrogen (secondary N) is 2. The molecule has 2 heterocycles. The van der Waals surface area contributed by atoms with E-state index in [0.717, 1.165) is 27.0 Å². The molecule has 2 aliphatic rings. The van der Waals surface area contributed by atoms with Crippen molar-refractivity contribution in [2.75, 3.05) is 35.7 Å². The van der Waals surface area contributed by atoms with Crippen molar-refractivity contribution in [3.63, 3.8) is 0 Å². The van der Waals surface area contributed by atoms with Crippen LogP contribution in [0.2, 0.25) is 0 Å². The Hall–Kier alpha value is -4.57. The van der Waals surface area contributed by atoms with E-state index in [1.165, 1.54) is 0 Å². The lowest BCUT2D eigenvalue weighted by molar-refractivity contribution is -0.135. The number of nitrogen functional groups attached to an aromatic ring is 1. The number of nitriles is 2. The molecule has 0 bridgehead atoms. The lowest BCUT2D eigenvalue weighted by atomic mass is 9.98. The van der Waals surface area contributed by atoms with E-state index >= 15 is 0 Å². The molecule has 3 aromatic rings. The Morgan fingerprint density at radius 2 is 2.00 bits per heavy atom. The Balaban J connectivity index is 1.45. The first-order chi connectivity index (χ1) is 18.2. The van der Waals surface area contributed by atoms with Gasteiger partial charge in [-0.15, -0.1) is 5.10 Å². The molecule has 5 rings (SSSR count). The average molecular weight is 510 g/mol. The van der Waals surface area contributed by atoms with Crippen LogP contribution in [0.5, 0.6) is 0 Å². The van der Waals surface area contributed by atoms with Crippen LogP contribution in [0.25, 0.3) is 10.8 Å². The number of nitrogens with zero attached hydrogens (tertiary/aromatic N) is 6. The van der Waals surface area contributed by atoms with Gasteiger partial charge < -0.3 is 21.0 Å². The second-order valence-corrected chi connectivity index (χ2v) is 10.4. The zero-order chi connectivity index (χ0) is 27.2. The third-order valence-electron chi connectivity index (χ3n) is 7.89. The summed E-state index contributed by atoms with van der Waals surface area (Å²) in [5, 5.41) is 36.7. The molecule has 38 heavy (non-hydrogen) atoms. The van der Waals surface area contributed by atoms with Gasteiger partial charge >= 0.3 is 0 Å². The Morgan fingerprint density at radius 3 is 2.66 bits per heavy atom. The second kappa shape index (κ2) is 9.38. The highest BCUT2D eigenvalue weighted by molar-refractivity contribution is 5.94. The number of nitrogens with two attached hydrogens (primary N) is 1. The third-order valence-corrected chi connectivity index (χ3v) is 7.89. The third kappa shape index (κ3) is 4.18. The molecule has 194 valence electrons. The molecule has 1 aromatic heterocycles. The fourth-order valence-electron chi connectivity index (χ4n) is 5.41. The molecule has 0 radical (unpaired) electrons. The standard InChI is InChI=1S/C28H31N9O/c1-17-15-35(27(38)28(16-30)9-10-28)11-12-36(17)21-7-8-23-24(13-21)26(34-37(32)25(23)31)33-19(3)22-6-4-5-20(14-29)18(22)2/h4-8,13,17,19,31H,9-12,15,32H2,1-3H3,(H,33,34)/t17-,19+/m0/s1. The Kier molecular flexibility index (Phi) is 6.20. The van der Waals surface area contributed by atoms with Crippen molar-refractivity contribution in [1.29, 1.82) is 15.9 Å². The number of carbonyl (C=O) groups is 1. The highest BCUT2D eigenvalue weighted by atomic mass is 16.2. The van der Waals surface area contributed by atoms with Crippen LogP contribution < -0.4 is 21.5 Å². The van der Waals surface area contributed by atoms with Crippen LogP contribution in [0.15, 0.2) is 36.4 Å². The van der Waals surface area contributed by atoms with E-state index < -0.39 is 5.41 Å². The van der Waals surface area contributed by atoms with Crippen molar-refractivity contribution in [3.8, 4) is 12.1 Å². The summed E-state index contributed by atoms with van der Waals surface area (Å²) in [4.78, 5) is 18.0. The van der Waals surface area contributed by atoms with Gasteiger partial charge in [0.2, 0.25) is 5.91 Å². The maximum absolute atomic E-state index is 12.9. The van der Waals surface area contributed by atoms with Gasteiger partial charge in [-0.1, -0.05) is 12.1 Å². The molecular formula is C28H31N9O. The van der Waals surface area contributed by atoms with E-state index in [2.05, 4.69) is 34.4 Å². The van der Waals surface area contributed by atoms with E-state index in [1.54, 1.807) is 6.07 Å². The van der Waals surface area contributed by atoms with Crippen molar-refractivity contribution in [3.05, 3.63) is 58.6 Å². The van der Waals surface area contributed by atoms with E-state index in [-0.39, 0.29) is 23.5 Å². The molecule has 2 fully saturated rings. The van der Waals surface area contributed by atoms with Gasteiger partial charge in [-0.25, -0.2) is 0 Å². The molecule has 4 N–H and O–H groups in total. The SMILES string of the molecule is Cc1c(C#N)cccc1[C@@H](C)Nc1nn(N)c(=N)c2ccc(N3CCN(C(=O)C4(C#N)CC4)C[C@@H]3C)cc12. The first-order valence-electron chi connectivity index (χ1n) is 12.8. The topological polar surface area (TPSA) is 151 Å². The maximum atomic E-state index is 12.9. The molecule has 10 heteroatoms. The van der Waals surface area contributed by atoms with E-state index in [1.807, 2.05) is 49.1 Å². The summed E-state index contributed by atoms with van der Waals surface area (Å²) in [6, 6.07) is 15.9. The molecule has 1 amide bonds. The molecule has 1 saturated carbocycles. The summed E-state index contributed by atoms with van der Waals surface area (Å²) in [5.41, 5.74) is 2.77. The molecule has 2 atom stereocenters. The number of hydrogen-bond donors (Lipinski definition) is 3. The number of benzene rings is 2. The predicted octanol–water partition coefficient (Wildman–Crippen LogP) is 2.92. The van der Waals surface area contributed by atoms with E-state index in [0.29, 0.717) is 49.2 Å². The van der Waals surface area contributed by atoms with Crippen LogP contribution in [0.4, 0.5) is 11.5 Å². The minimum absolute atomic E-state index is 0.0446. The number of piperazine rings is 1. The van der Waals surface area contributed by atoms with Crippen LogP contribution in [0, 0.1) is 40.4 Å². The normalized spacial score (nSPS) is 18.9. The van der Waals surface area contributed by atoms with Gasteiger partial charge in [0, 0.05) is 42.1 Å². The van der Waals surface area contributed by atoms with Gasteiger partial charge in [0.15, 0.2) is 11.3 Å². The van der Waals surface area contributed by atoms with Crippen LogP contribution in [-0.2, 0) is 4.79 Å². The summed E-state index contributed by atoms with van der Waals surface area (Å²) >= 11 is 0. The highest BCUT2D eigenvalue weighted by Crippen LogP contribution is 2.46. The molecular weight excluding hydrogens is 478 g/mol.